The van der Waals surface area contributed by atoms with Gasteiger partial charge in [-0.2, -0.15) is 0 Å². The SMILES string of the molecule is CCCCCCCOc1cc(C)ncc1CNC(C)C. The van der Waals surface area contributed by atoms with Gasteiger partial charge in [0.2, 0.25) is 0 Å². The maximum atomic E-state index is 5.95. The Hall–Kier alpha value is -1.09. The molecule has 1 rings (SSSR count). The fraction of sp³-hybridized carbons (Fsp3) is 0.706. The van der Waals surface area contributed by atoms with Crippen LogP contribution in [0.5, 0.6) is 5.75 Å². The molecule has 114 valence electrons. The molecular weight excluding hydrogens is 248 g/mol. The van der Waals surface area contributed by atoms with E-state index in [0.717, 1.165) is 36.6 Å². The summed E-state index contributed by atoms with van der Waals surface area (Å²) in [7, 11) is 0. The highest BCUT2D eigenvalue weighted by Crippen LogP contribution is 2.19. The summed E-state index contributed by atoms with van der Waals surface area (Å²) < 4.78 is 5.95. The number of hydrogen-bond acceptors (Lipinski definition) is 3. The lowest BCUT2D eigenvalue weighted by atomic mass is 10.2. The van der Waals surface area contributed by atoms with E-state index in [2.05, 4.69) is 31.1 Å². The van der Waals surface area contributed by atoms with Gasteiger partial charge in [0.05, 0.1) is 6.61 Å². The molecule has 0 fully saturated rings. The van der Waals surface area contributed by atoms with Crippen molar-refractivity contribution in [3.05, 3.63) is 23.5 Å². The summed E-state index contributed by atoms with van der Waals surface area (Å²) in [5, 5.41) is 3.42. The molecule has 0 saturated heterocycles. The Balaban J connectivity index is 2.43. The predicted molar refractivity (Wildman–Crippen MR) is 85.2 cm³/mol. The van der Waals surface area contributed by atoms with Gasteiger partial charge in [-0.1, -0.05) is 46.5 Å². The second-order valence-corrected chi connectivity index (χ2v) is 5.73. The third-order valence-electron chi connectivity index (χ3n) is 3.29. The zero-order chi connectivity index (χ0) is 14.8. The van der Waals surface area contributed by atoms with Crippen molar-refractivity contribution < 1.29 is 4.74 Å². The Morgan fingerprint density at radius 1 is 1.20 bits per heavy atom. The maximum absolute atomic E-state index is 5.95. The second kappa shape index (κ2) is 9.76. The lowest BCUT2D eigenvalue weighted by Gasteiger charge is -2.14. The van der Waals surface area contributed by atoms with Gasteiger partial charge in [0.1, 0.15) is 5.75 Å². The van der Waals surface area contributed by atoms with E-state index < -0.39 is 0 Å². The normalized spacial score (nSPS) is 11.1. The first-order valence-corrected chi connectivity index (χ1v) is 7.95. The third-order valence-corrected chi connectivity index (χ3v) is 3.29. The van der Waals surface area contributed by atoms with Gasteiger partial charge in [0.25, 0.3) is 0 Å². The van der Waals surface area contributed by atoms with E-state index in [1.165, 1.54) is 25.7 Å². The van der Waals surface area contributed by atoms with E-state index in [4.69, 9.17) is 4.74 Å². The van der Waals surface area contributed by atoms with Gasteiger partial charge >= 0.3 is 0 Å². The minimum atomic E-state index is 0.471. The Morgan fingerprint density at radius 2 is 1.95 bits per heavy atom. The molecule has 0 aliphatic heterocycles. The zero-order valence-corrected chi connectivity index (χ0v) is 13.5. The summed E-state index contributed by atoms with van der Waals surface area (Å²) in [6.45, 7) is 10.2. The molecule has 1 aromatic rings. The van der Waals surface area contributed by atoms with Crippen molar-refractivity contribution in [2.24, 2.45) is 0 Å². The molecule has 0 aromatic carbocycles. The summed E-state index contributed by atoms with van der Waals surface area (Å²) in [5.41, 5.74) is 2.16. The molecule has 3 nitrogen and oxygen atoms in total. The number of ether oxygens (including phenoxy) is 1. The number of unbranched alkanes of at least 4 members (excludes halogenated alkanes) is 4. The molecule has 0 radical (unpaired) electrons. The highest BCUT2D eigenvalue weighted by Gasteiger charge is 2.06. The lowest BCUT2D eigenvalue weighted by Crippen LogP contribution is -2.22. The van der Waals surface area contributed by atoms with Crippen LogP contribution in [0.4, 0.5) is 0 Å². The molecular formula is C17H30N2O. The van der Waals surface area contributed by atoms with E-state index >= 15 is 0 Å². The molecule has 0 spiro atoms. The monoisotopic (exact) mass is 278 g/mol. The van der Waals surface area contributed by atoms with Crippen LogP contribution in [0, 0.1) is 6.92 Å². The van der Waals surface area contributed by atoms with Gasteiger partial charge in [-0.15, -0.1) is 0 Å². The summed E-state index contributed by atoms with van der Waals surface area (Å²) in [6.07, 6.45) is 8.26. The van der Waals surface area contributed by atoms with Gasteiger partial charge in [-0.25, -0.2) is 0 Å². The molecule has 3 heteroatoms. The standard InChI is InChI=1S/C17H30N2O/c1-5-6-7-8-9-10-20-17-11-15(4)19-13-16(17)12-18-14(2)3/h11,13-14,18H,5-10,12H2,1-4H3. The summed E-state index contributed by atoms with van der Waals surface area (Å²) >= 11 is 0. The van der Waals surface area contributed by atoms with Crippen molar-refractivity contribution in [1.82, 2.24) is 10.3 Å². The minimum absolute atomic E-state index is 0.471. The number of aryl methyl sites for hydroxylation is 1. The molecule has 20 heavy (non-hydrogen) atoms. The maximum Gasteiger partial charge on any atom is 0.127 e. The van der Waals surface area contributed by atoms with E-state index in [1.807, 2.05) is 19.2 Å². The average molecular weight is 278 g/mol. The molecule has 1 aromatic heterocycles. The van der Waals surface area contributed by atoms with Crippen LogP contribution in [0.3, 0.4) is 0 Å². The number of rotatable bonds is 10. The van der Waals surface area contributed by atoms with E-state index in [1.54, 1.807) is 0 Å². The van der Waals surface area contributed by atoms with Crippen LogP contribution in [-0.2, 0) is 6.54 Å². The van der Waals surface area contributed by atoms with Crippen molar-refractivity contribution in [3.8, 4) is 5.75 Å². The van der Waals surface area contributed by atoms with Gasteiger partial charge in [0.15, 0.2) is 0 Å². The van der Waals surface area contributed by atoms with Crippen LogP contribution in [0.15, 0.2) is 12.3 Å². The van der Waals surface area contributed by atoms with Gasteiger partial charge in [-0.3, -0.25) is 4.98 Å². The topological polar surface area (TPSA) is 34.1 Å². The Kier molecular flexibility index (Phi) is 8.28. The van der Waals surface area contributed by atoms with Gasteiger partial charge in [-0.05, 0) is 13.3 Å². The van der Waals surface area contributed by atoms with E-state index in [0.29, 0.717) is 6.04 Å². The largest absolute Gasteiger partial charge is 0.493 e. The van der Waals surface area contributed by atoms with Crippen LogP contribution in [0.25, 0.3) is 0 Å². The average Bonchev–Trinajstić information content (AvgIpc) is 2.41. The number of pyridine rings is 1. The molecule has 0 unspecified atom stereocenters. The number of nitrogens with zero attached hydrogens (tertiary/aromatic N) is 1. The first kappa shape index (κ1) is 17.0. The second-order valence-electron chi connectivity index (χ2n) is 5.73. The first-order valence-electron chi connectivity index (χ1n) is 7.95. The minimum Gasteiger partial charge on any atom is -0.493 e. The molecule has 0 atom stereocenters. The molecule has 1 heterocycles. The Bertz CT molecular complexity index is 377. The highest BCUT2D eigenvalue weighted by atomic mass is 16.5. The van der Waals surface area contributed by atoms with Crippen LogP contribution < -0.4 is 10.1 Å². The molecule has 0 aliphatic rings. The lowest BCUT2D eigenvalue weighted by molar-refractivity contribution is 0.300. The number of nitrogens with one attached hydrogen (secondary N) is 1. The van der Waals surface area contributed by atoms with E-state index in [-0.39, 0.29) is 0 Å². The Morgan fingerprint density at radius 3 is 2.65 bits per heavy atom. The fourth-order valence-electron chi connectivity index (χ4n) is 2.03. The van der Waals surface area contributed by atoms with Crippen molar-refractivity contribution in [3.63, 3.8) is 0 Å². The fourth-order valence-corrected chi connectivity index (χ4v) is 2.03. The summed E-state index contributed by atoms with van der Waals surface area (Å²) in [5.74, 6) is 0.987. The van der Waals surface area contributed by atoms with Gasteiger partial charge < -0.3 is 10.1 Å². The molecule has 0 amide bonds. The van der Waals surface area contributed by atoms with Crippen molar-refractivity contribution in [2.75, 3.05) is 6.61 Å². The Labute approximate surface area is 124 Å². The van der Waals surface area contributed by atoms with Crippen LogP contribution >= 0.6 is 0 Å². The van der Waals surface area contributed by atoms with E-state index in [9.17, 15) is 0 Å². The molecule has 1 N–H and O–H groups in total. The highest BCUT2D eigenvalue weighted by molar-refractivity contribution is 5.32. The predicted octanol–water partition coefficient (Wildman–Crippen LogP) is 4.24. The summed E-state index contributed by atoms with van der Waals surface area (Å²) in [6, 6.07) is 2.52. The summed E-state index contributed by atoms with van der Waals surface area (Å²) in [4.78, 5) is 4.37. The molecule has 0 saturated carbocycles. The van der Waals surface area contributed by atoms with Crippen LogP contribution in [-0.4, -0.2) is 17.6 Å². The van der Waals surface area contributed by atoms with Gasteiger partial charge in [0, 0.05) is 36.1 Å². The zero-order valence-electron chi connectivity index (χ0n) is 13.5. The number of aromatic nitrogens is 1. The number of hydrogen-bond donors (Lipinski definition) is 1. The smallest absolute Gasteiger partial charge is 0.127 e. The third kappa shape index (κ3) is 6.90. The first-order chi connectivity index (χ1) is 9.63. The molecule has 0 aliphatic carbocycles. The van der Waals surface area contributed by atoms with Crippen molar-refractivity contribution in [2.45, 2.75) is 72.4 Å². The van der Waals surface area contributed by atoms with Crippen LogP contribution in [0.2, 0.25) is 0 Å². The van der Waals surface area contributed by atoms with Crippen LogP contribution in [0.1, 0.15) is 64.1 Å². The van der Waals surface area contributed by atoms with Crippen molar-refractivity contribution >= 4 is 0 Å². The quantitative estimate of drug-likeness (QED) is 0.650. The van der Waals surface area contributed by atoms with Crippen molar-refractivity contribution in [1.29, 1.82) is 0 Å². The molecule has 0 bridgehead atoms.